The van der Waals surface area contributed by atoms with E-state index in [9.17, 15) is 9.59 Å². The predicted octanol–water partition coefficient (Wildman–Crippen LogP) is 0.148. The minimum atomic E-state index is -0.787. The minimum Gasteiger partial charge on any atom is -0.369 e. The lowest BCUT2D eigenvalue weighted by molar-refractivity contribution is -0.150. The van der Waals surface area contributed by atoms with Gasteiger partial charge in [-0.1, -0.05) is 0 Å². The van der Waals surface area contributed by atoms with Crippen LogP contribution < -0.4 is 5.32 Å². The van der Waals surface area contributed by atoms with Crippen LogP contribution in [0.3, 0.4) is 0 Å². The third-order valence-electron chi connectivity index (χ3n) is 2.91. The van der Waals surface area contributed by atoms with Crippen LogP contribution in [0.5, 0.6) is 0 Å². The molecule has 1 atom stereocenters. The summed E-state index contributed by atoms with van der Waals surface area (Å²) in [5.74, 6) is -0.0758. The zero-order valence-corrected chi connectivity index (χ0v) is 10.4. The maximum Gasteiger partial charge on any atom is 0.254 e. The van der Waals surface area contributed by atoms with Crippen molar-refractivity contribution in [2.75, 3.05) is 20.2 Å². The number of nitrogens with one attached hydrogen (secondary N) is 1. The van der Waals surface area contributed by atoms with Crippen LogP contribution in [0.15, 0.2) is 0 Å². The molecule has 1 N–H and O–H groups in total. The van der Waals surface area contributed by atoms with E-state index >= 15 is 0 Å². The number of carbonyl (C=O) groups excluding carboxylic acids is 2. The van der Waals surface area contributed by atoms with Gasteiger partial charge in [0.15, 0.2) is 0 Å². The molecule has 1 rings (SSSR count). The van der Waals surface area contributed by atoms with Crippen LogP contribution in [0.1, 0.15) is 27.2 Å². The molecular formula is C11H20N2O3. The maximum atomic E-state index is 12.0. The van der Waals surface area contributed by atoms with Gasteiger partial charge in [0.25, 0.3) is 5.91 Å². The Morgan fingerprint density at radius 3 is 2.56 bits per heavy atom. The number of ether oxygens (including phenoxy) is 1. The van der Waals surface area contributed by atoms with Gasteiger partial charge in [-0.3, -0.25) is 9.59 Å². The van der Waals surface area contributed by atoms with Crippen LogP contribution in [-0.2, 0) is 14.3 Å². The fourth-order valence-electron chi connectivity index (χ4n) is 1.82. The SMILES string of the molecule is COC(C)(C)C(=O)N1CCC(NC(C)=O)C1. The molecule has 1 aliphatic heterocycles. The van der Waals surface area contributed by atoms with E-state index < -0.39 is 5.60 Å². The topological polar surface area (TPSA) is 58.6 Å². The quantitative estimate of drug-likeness (QED) is 0.748. The second-order valence-electron chi connectivity index (χ2n) is 4.65. The van der Waals surface area contributed by atoms with E-state index in [0.29, 0.717) is 13.1 Å². The highest BCUT2D eigenvalue weighted by Crippen LogP contribution is 2.17. The summed E-state index contributed by atoms with van der Waals surface area (Å²) >= 11 is 0. The normalized spacial score (nSPS) is 21.0. The predicted molar refractivity (Wildman–Crippen MR) is 59.9 cm³/mol. The highest BCUT2D eigenvalue weighted by Gasteiger charge is 2.35. The van der Waals surface area contributed by atoms with Crippen LogP contribution in [0.2, 0.25) is 0 Å². The molecule has 1 heterocycles. The van der Waals surface area contributed by atoms with Crippen LogP contribution in [-0.4, -0.2) is 48.6 Å². The van der Waals surface area contributed by atoms with Crippen LogP contribution in [0.25, 0.3) is 0 Å². The molecule has 0 bridgehead atoms. The number of hydrogen-bond donors (Lipinski definition) is 1. The van der Waals surface area contributed by atoms with Crippen molar-refractivity contribution in [3.8, 4) is 0 Å². The zero-order chi connectivity index (χ0) is 12.3. The van der Waals surface area contributed by atoms with Crippen molar-refractivity contribution < 1.29 is 14.3 Å². The van der Waals surface area contributed by atoms with Crippen molar-refractivity contribution >= 4 is 11.8 Å². The molecule has 0 aromatic rings. The van der Waals surface area contributed by atoms with E-state index in [4.69, 9.17) is 4.74 Å². The Morgan fingerprint density at radius 2 is 2.06 bits per heavy atom. The van der Waals surface area contributed by atoms with Crippen molar-refractivity contribution in [3.63, 3.8) is 0 Å². The lowest BCUT2D eigenvalue weighted by atomic mass is 10.1. The van der Waals surface area contributed by atoms with E-state index in [1.165, 1.54) is 14.0 Å². The third kappa shape index (κ3) is 2.95. The second-order valence-corrected chi connectivity index (χ2v) is 4.65. The Labute approximate surface area is 96.1 Å². The Balaban J connectivity index is 2.53. The van der Waals surface area contributed by atoms with Gasteiger partial charge in [0, 0.05) is 33.2 Å². The van der Waals surface area contributed by atoms with Gasteiger partial charge in [0.05, 0.1) is 0 Å². The molecule has 1 saturated heterocycles. The number of amides is 2. The van der Waals surface area contributed by atoms with Gasteiger partial charge >= 0.3 is 0 Å². The first-order chi connectivity index (χ1) is 7.36. The fourth-order valence-corrected chi connectivity index (χ4v) is 1.82. The molecule has 2 amide bonds. The van der Waals surface area contributed by atoms with Crippen LogP contribution >= 0.6 is 0 Å². The molecule has 0 spiro atoms. The summed E-state index contributed by atoms with van der Waals surface area (Å²) in [7, 11) is 1.53. The molecule has 92 valence electrons. The largest absolute Gasteiger partial charge is 0.369 e. The summed E-state index contributed by atoms with van der Waals surface area (Å²) in [5, 5.41) is 2.82. The first-order valence-corrected chi connectivity index (χ1v) is 5.48. The zero-order valence-electron chi connectivity index (χ0n) is 10.4. The van der Waals surface area contributed by atoms with Crippen LogP contribution in [0, 0.1) is 0 Å². The summed E-state index contributed by atoms with van der Waals surface area (Å²) in [6.07, 6.45) is 0.811. The molecule has 5 heteroatoms. The van der Waals surface area contributed by atoms with E-state index in [-0.39, 0.29) is 17.9 Å². The first kappa shape index (κ1) is 13.0. The molecule has 0 radical (unpaired) electrons. The molecule has 5 nitrogen and oxygen atoms in total. The minimum absolute atomic E-state index is 0.0251. The van der Waals surface area contributed by atoms with Crippen LogP contribution in [0.4, 0.5) is 0 Å². The molecule has 0 aliphatic carbocycles. The lowest BCUT2D eigenvalue weighted by Crippen LogP contribution is -2.46. The fraction of sp³-hybridized carbons (Fsp3) is 0.818. The molecule has 1 fully saturated rings. The van der Waals surface area contributed by atoms with Gasteiger partial charge < -0.3 is 15.0 Å². The molecule has 0 aromatic carbocycles. The Bertz CT molecular complexity index is 289. The smallest absolute Gasteiger partial charge is 0.254 e. The van der Waals surface area contributed by atoms with Gasteiger partial charge in [0.1, 0.15) is 5.60 Å². The number of hydrogen-bond acceptors (Lipinski definition) is 3. The number of rotatable bonds is 3. The maximum absolute atomic E-state index is 12.0. The van der Waals surface area contributed by atoms with Crippen molar-refractivity contribution in [1.82, 2.24) is 10.2 Å². The first-order valence-electron chi connectivity index (χ1n) is 5.48. The number of likely N-dealkylation sites (tertiary alicyclic amines) is 1. The van der Waals surface area contributed by atoms with Crippen molar-refractivity contribution in [1.29, 1.82) is 0 Å². The van der Waals surface area contributed by atoms with E-state index in [2.05, 4.69) is 5.32 Å². The van der Waals surface area contributed by atoms with Crippen molar-refractivity contribution in [2.45, 2.75) is 38.8 Å². The monoisotopic (exact) mass is 228 g/mol. The van der Waals surface area contributed by atoms with Gasteiger partial charge in [-0.05, 0) is 20.3 Å². The van der Waals surface area contributed by atoms with Gasteiger partial charge in [-0.15, -0.1) is 0 Å². The standard InChI is InChI=1S/C11H20N2O3/c1-8(14)12-9-5-6-13(7-9)10(15)11(2,3)16-4/h9H,5-7H2,1-4H3,(H,12,14). The number of methoxy groups -OCH3 is 1. The summed E-state index contributed by atoms with van der Waals surface area (Å²) < 4.78 is 5.15. The van der Waals surface area contributed by atoms with Gasteiger partial charge in [0.2, 0.25) is 5.91 Å². The Kier molecular flexibility index (Phi) is 3.91. The summed E-state index contributed by atoms with van der Waals surface area (Å²) in [4.78, 5) is 24.6. The summed E-state index contributed by atoms with van der Waals surface area (Å²) in [6.45, 7) is 6.24. The Morgan fingerprint density at radius 1 is 1.44 bits per heavy atom. The molecular weight excluding hydrogens is 208 g/mol. The number of carbonyl (C=O) groups is 2. The van der Waals surface area contributed by atoms with E-state index in [1.807, 2.05) is 0 Å². The highest BCUT2D eigenvalue weighted by atomic mass is 16.5. The van der Waals surface area contributed by atoms with Crippen molar-refractivity contribution in [3.05, 3.63) is 0 Å². The molecule has 16 heavy (non-hydrogen) atoms. The summed E-state index contributed by atoms with van der Waals surface area (Å²) in [5.41, 5.74) is -0.787. The number of nitrogens with zero attached hydrogens (tertiary/aromatic N) is 1. The van der Waals surface area contributed by atoms with Gasteiger partial charge in [-0.2, -0.15) is 0 Å². The highest BCUT2D eigenvalue weighted by molar-refractivity contribution is 5.84. The third-order valence-corrected chi connectivity index (χ3v) is 2.91. The van der Waals surface area contributed by atoms with Crippen molar-refractivity contribution in [2.24, 2.45) is 0 Å². The molecule has 1 unspecified atom stereocenters. The lowest BCUT2D eigenvalue weighted by Gasteiger charge is -2.27. The van der Waals surface area contributed by atoms with E-state index in [1.54, 1.807) is 18.7 Å². The summed E-state index contributed by atoms with van der Waals surface area (Å²) in [6, 6.07) is 0.0779. The average molecular weight is 228 g/mol. The average Bonchev–Trinajstić information content (AvgIpc) is 2.64. The molecule has 1 aliphatic rings. The molecule has 0 aromatic heterocycles. The Hall–Kier alpha value is -1.10. The van der Waals surface area contributed by atoms with E-state index in [0.717, 1.165) is 6.42 Å². The molecule has 0 saturated carbocycles. The second kappa shape index (κ2) is 4.82. The van der Waals surface area contributed by atoms with Gasteiger partial charge in [-0.25, -0.2) is 0 Å².